The molecule has 8 heteroatoms. The number of pyridine rings is 1. The molecule has 7 nitrogen and oxygen atoms in total. The van der Waals surface area contributed by atoms with Gasteiger partial charge in [-0.2, -0.15) is 0 Å². The molecule has 2 aromatic rings. The average Bonchev–Trinajstić information content (AvgIpc) is 3.49. The number of ether oxygens (including phenoxy) is 3. The van der Waals surface area contributed by atoms with Gasteiger partial charge in [0.25, 0.3) is 0 Å². The van der Waals surface area contributed by atoms with Gasteiger partial charge in [0.15, 0.2) is 5.78 Å². The third-order valence-corrected chi connectivity index (χ3v) is 8.31. The molecule has 39 heavy (non-hydrogen) atoms. The first-order valence-electron chi connectivity index (χ1n) is 14.4. The maximum Gasteiger partial charge on any atom is 0.151 e. The van der Waals surface area contributed by atoms with Crippen LogP contribution in [0.4, 0.5) is 10.2 Å². The fraction of sp³-hybridized carbons (Fsp3) is 0.613. The maximum absolute atomic E-state index is 14.3. The topological polar surface area (TPSA) is 72.9 Å². The lowest BCUT2D eigenvalue weighted by Crippen LogP contribution is -2.33. The molecule has 5 rings (SSSR count). The van der Waals surface area contributed by atoms with Crippen LogP contribution < -0.4 is 14.8 Å². The van der Waals surface area contributed by atoms with Gasteiger partial charge >= 0.3 is 0 Å². The molecule has 2 atom stereocenters. The van der Waals surface area contributed by atoms with E-state index in [1.807, 2.05) is 0 Å². The lowest BCUT2D eigenvalue weighted by molar-refractivity contribution is -0.122. The number of aryl methyl sites for hydroxylation is 1. The van der Waals surface area contributed by atoms with Gasteiger partial charge in [0.2, 0.25) is 0 Å². The quantitative estimate of drug-likeness (QED) is 0.337. The van der Waals surface area contributed by atoms with Crippen LogP contribution in [-0.2, 0) is 22.4 Å². The smallest absolute Gasteiger partial charge is 0.151 e. The van der Waals surface area contributed by atoms with Crippen LogP contribution in [0.2, 0.25) is 0 Å². The Labute approximate surface area is 231 Å². The normalized spacial score (nSPS) is 20.7. The number of halogens is 1. The second-order valence-corrected chi connectivity index (χ2v) is 11.7. The van der Waals surface area contributed by atoms with Crippen LogP contribution in [0, 0.1) is 11.2 Å². The fourth-order valence-corrected chi connectivity index (χ4v) is 5.70. The number of nitrogens with zero attached hydrogens (tertiary/aromatic N) is 2. The summed E-state index contributed by atoms with van der Waals surface area (Å²) in [6.07, 6.45) is 8.07. The number of carbonyl (C=O) groups excluding carboxylic acids is 1. The largest absolute Gasteiger partial charge is 0.496 e. The molecule has 1 saturated carbocycles. The summed E-state index contributed by atoms with van der Waals surface area (Å²) in [5.74, 6) is 2.14. The molecule has 0 amide bonds. The van der Waals surface area contributed by atoms with E-state index in [0.717, 1.165) is 81.7 Å². The molecule has 3 heterocycles. The monoisotopic (exact) mass is 539 g/mol. The molecule has 2 aliphatic heterocycles. The maximum atomic E-state index is 14.3. The highest BCUT2D eigenvalue weighted by Crippen LogP contribution is 2.45. The number of benzene rings is 1. The highest BCUT2D eigenvalue weighted by atomic mass is 19.1. The minimum absolute atomic E-state index is 0.00815. The van der Waals surface area contributed by atoms with Crippen LogP contribution in [0.1, 0.15) is 75.2 Å². The number of rotatable bonds is 13. The fourth-order valence-electron chi connectivity index (χ4n) is 5.70. The zero-order valence-corrected chi connectivity index (χ0v) is 23.6. The van der Waals surface area contributed by atoms with Crippen LogP contribution in [-0.4, -0.2) is 61.7 Å². The number of hydrogen-bond acceptors (Lipinski definition) is 7. The van der Waals surface area contributed by atoms with Crippen molar-refractivity contribution in [3.8, 4) is 11.5 Å². The van der Waals surface area contributed by atoms with E-state index in [1.165, 1.54) is 17.7 Å². The van der Waals surface area contributed by atoms with Gasteiger partial charge in [-0.05, 0) is 76.5 Å². The highest BCUT2D eigenvalue weighted by molar-refractivity contribution is 5.83. The van der Waals surface area contributed by atoms with E-state index in [4.69, 9.17) is 19.2 Å². The van der Waals surface area contributed by atoms with Gasteiger partial charge in [0.05, 0.1) is 25.9 Å². The number of nitrogens with one attached hydrogen (secondary N) is 1. The number of fused-ring (bicyclic) bond motifs is 1. The average molecular weight is 540 g/mol. The standard InChI is InChI=1S/C31H42FN3O4/c1-21(36)29(26-17-22(32)9-10-27(26)39-20-31(2)12-13-31)35-15-11-24(19-35)38-16-5-4-7-23-18-28(37-3)25-8-6-14-33-30(25)34-23/h9-10,17-18,24,29H,4-8,11-16,19-20H2,1-3H3,(H,33,34)/t24-,29-/m1/s1. The number of carbonyl (C=O) groups is 1. The van der Waals surface area contributed by atoms with Crippen LogP contribution in [0.3, 0.4) is 0 Å². The van der Waals surface area contributed by atoms with E-state index in [2.05, 4.69) is 23.2 Å². The van der Waals surface area contributed by atoms with Gasteiger partial charge < -0.3 is 19.5 Å². The van der Waals surface area contributed by atoms with Crippen LogP contribution >= 0.6 is 0 Å². The molecule has 1 aromatic carbocycles. The Morgan fingerprint density at radius 1 is 1.26 bits per heavy atom. The van der Waals surface area contributed by atoms with Crippen LogP contribution in [0.15, 0.2) is 24.3 Å². The summed E-state index contributed by atoms with van der Waals surface area (Å²) in [5, 5.41) is 3.40. The first kappa shape index (κ1) is 27.8. The molecule has 2 fully saturated rings. The van der Waals surface area contributed by atoms with E-state index in [0.29, 0.717) is 31.1 Å². The molecular formula is C31H42FN3O4. The molecule has 212 valence electrons. The number of anilines is 1. The van der Waals surface area contributed by atoms with E-state index in [1.54, 1.807) is 20.1 Å². The SMILES string of the molecule is COc1cc(CCCCO[C@@H]2CCN([C@H](C(C)=O)c3cc(F)ccc3OCC3(C)CC3)C2)nc2c1CCCN2. The highest BCUT2D eigenvalue weighted by Gasteiger charge is 2.39. The van der Waals surface area contributed by atoms with E-state index >= 15 is 0 Å². The van der Waals surface area contributed by atoms with E-state index in [-0.39, 0.29) is 23.1 Å². The van der Waals surface area contributed by atoms with Crippen molar-refractivity contribution in [3.63, 3.8) is 0 Å². The Morgan fingerprint density at radius 3 is 2.87 bits per heavy atom. The molecule has 1 aliphatic carbocycles. The minimum atomic E-state index is -0.532. The molecule has 0 unspecified atom stereocenters. The van der Waals surface area contributed by atoms with Crippen molar-refractivity contribution in [3.05, 3.63) is 46.9 Å². The van der Waals surface area contributed by atoms with Crippen LogP contribution in [0.25, 0.3) is 0 Å². The summed E-state index contributed by atoms with van der Waals surface area (Å²) in [5.41, 5.74) is 3.04. The number of ketones is 1. The van der Waals surface area contributed by atoms with Gasteiger partial charge in [-0.15, -0.1) is 0 Å². The summed E-state index contributed by atoms with van der Waals surface area (Å²) in [6.45, 7) is 7.36. The summed E-state index contributed by atoms with van der Waals surface area (Å²) in [7, 11) is 1.72. The zero-order valence-electron chi connectivity index (χ0n) is 23.6. The van der Waals surface area contributed by atoms with Crippen molar-refractivity contribution in [2.75, 3.05) is 45.3 Å². The van der Waals surface area contributed by atoms with Crippen molar-refractivity contribution in [1.82, 2.24) is 9.88 Å². The van der Waals surface area contributed by atoms with Crippen molar-refractivity contribution in [2.45, 2.75) is 77.4 Å². The Hall–Kier alpha value is -2.71. The lowest BCUT2D eigenvalue weighted by Gasteiger charge is -2.28. The summed E-state index contributed by atoms with van der Waals surface area (Å²) in [6, 6.07) is 6.07. The van der Waals surface area contributed by atoms with Gasteiger partial charge in [-0.1, -0.05) is 6.92 Å². The molecule has 0 bridgehead atoms. The zero-order chi connectivity index (χ0) is 27.4. The van der Waals surface area contributed by atoms with Crippen molar-refractivity contribution in [1.29, 1.82) is 0 Å². The summed E-state index contributed by atoms with van der Waals surface area (Å²) < 4.78 is 32.2. The van der Waals surface area contributed by atoms with E-state index in [9.17, 15) is 9.18 Å². The third-order valence-electron chi connectivity index (χ3n) is 8.31. The van der Waals surface area contributed by atoms with Gasteiger partial charge in [-0.3, -0.25) is 9.69 Å². The van der Waals surface area contributed by atoms with Gasteiger partial charge in [0, 0.05) is 54.5 Å². The van der Waals surface area contributed by atoms with E-state index < -0.39 is 6.04 Å². The minimum Gasteiger partial charge on any atom is -0.496 e. The first-order chi connectivity index (χ1) is 18.8. The summed E-state index contributed by atoms with van der Waals surface area (Å²) >= 11 is 0. The molecule has 1 N–H and O–H groups in total. The number of Topliss-reactive ketones (excluding diaryl/α,β-unsaturated/α-hetero) is 1. The predicted molar refractivity (Wildman–Crippen MR) is 149 cm³/mol. The second kappa shape index (κ2) is 12.2. The Balaban J connectivity index is 1.12. The number of hydrogen-bond donors (Lipinski definition) is 1. The molecule has 3 aliphatic rings. The first-order valence-corrected chi connectivity index (χ1v) is 14.4. The number of aromatic nitrogens is 1. The summed E-state index contributed by atoms with van der Waals surface area (Å²) in [4.78, 5) is 19.7. The predicted octanol–water partition coefficient (Wildman–Crippen LogP) is 5.51. The number of unbranched alkanes of at least 4 members (excludes halogenated alkanes) is 1. The molecular weight excluding hydrogens is 497 g/mol. The van der Waals surface area contributed by atoms with Gasteiger partial charge in [0.1, 0.15) is 23.1 Å². The van der Waals surface area contributed by atoms with Crippen molar-refractivity contribution >= 4 is 11.6 Å². The second-order valence-electron chi connectivity index (χ2n) is 11.7. The lowest BCUT2D eigenvalue weighted by atomic mass is 10.0. The Bertz CT molecular complexity index is 1150. The molecule has 1 saturated heterocycles. The Morgan fingerprint density at radius 2 is 2.10 bits per heavy atom. The molecule has 1 aromatic heterocycles. The van der Waals surface area contributed by atoms with Crippen molar-refractivity contribution < 1.29 is 23.4 Å². The number of likely N-dealkylation sites (tertiary alicyclic amines) is 1. The Kier molecular flexibility index (Phi) is 8.72. The molecule has 0 spiro atoms. The van der Waals surface area contributed by atoms with Gasteiger partial charge in [-0.25, -0.2) is 9.37 Å². The van der Waals surface area contributed by atoms with Crippen LogP contribution in [0.5, 0.6) is 11.5 Å². The van der Waals surface area contributed by atoms with Crippen molar-refractivity contribution in [2.24, 2.45) is 5.41 Å². The third kappa shape index (κ3) is 6.90. The number of methoxy groups -OCH3 is 1. The molecule has 0 radical (unpaired) electrons.